The maximum Gasteiger partial charge on any atom is 0.461 e. The van der Waals surface area contributed by atoms with Crippen LogP contribution in [-0.2, 0) is 5.93 Å². The number of anilines is 2. The van der Waals surface area contributed by atoms with Crippen molar-refractivity contribution in [2.24, 2.45) is 0 Å². The molecule has 0 spiro atoms. The highest BCUT2D eigenvalue weighted by Gasteiger charge is 2.82. The molecule has 0 saturated heterocycles. The smallest absolute Gasteiger partial charge is 0.399 e. The zero-order valence-corrected chi connectivity index (χ0v) is 18.3. The maximum atomic E-state index is 14.5. The Bertz CT molecular complexity index is 1050. The number of carbonyl (C=O) groups excluding carboxylic acids is 1. The van der Waals surface area contributed by atoms with Gasteiger partial charge in [-0.3, -0.25) is 9.00 Å². The molecule has 1 amide bonds. The Kier molecular flexibility index (Phi) is 6.13. The lowest BCUT2D eigenvalue weighted by Crippen LogP contribution is -2.60. The van der Waals surface area contributed by atoms with Gasteiger partial charge in [0.2, 0.25) is 0 Å². The van der Waals surface area contributed by atoms with Crippen molar-refractivity contribution in [1.82, 2.24) is 0 Å². The van der Waals surface area contributed by atoms with Gasteiger partial charge in [0, 0.05) is 40.9 Å². The van der Waals surface area contributed by atoms with Gasteiger partial charge in [0.25, 0.3) is 5.91 Å². The number of carbonyl (C=O) groups is 1. The average molecular weight is 588 g/mol. The minimum Gasteiger partial charge on any atom is -0.399 e. The number of amides is 1. The van der Waals surface area contributed by atoms with Gasteiger partial charge in [-0.2, -0.15) is 30.7 Å². The van der Waals surface area contributed by atoms with E-state index in [9.17, 15) is 39.7 Å². The van der Waals surface area contributed by atoms with Crippen LogP contribution >= 0.6 is 29.6 Å². The molecule has 166 valence electrons. The topological polar surface area (TPSA) is 72.2 Å². The highest BCUT2D eigenvalue weighted by molar-refractivity contribution is 9.86. The number of nitrogen functional groups attached to an aromatic ring is 1. The van der Waals surface area contributed by atoms with Gasteiger partial charge in [-0.1, -0.05) is 18.2 Å². The zero-order valence-electron chi connectivity index (χ0n) is 14.3. The van der Waals surface area contributed by atoms with Crippen molar-refractivity contribution in [3.63, 3.8) is 0 Å². The number of hydrogen-bond acceptors (Lipinski definition) is 3. The number of alkyl halides is 7. The third-order valence-corrected chi connectivity index (χ3v) is 10.5. The Balaban J connectivity index is 2.61. The quantitative estimate of drug-likeness (QED) is 0.252. The van der Waals surface area contributed by atoms with Gasteiger partial charge >= 0.3 is 17.4 Å². The van der Waals surface area contributed by atoms with Crippen molar-refractivity contribution in [1.29, 1.82) is 0 Å². The van der Waals surface area contributed by atoms with Crippen LogP contribution in [0.25, 0.3) is 0 Å². The van der Waals surface area contributed by atoms with Gasteiger partial charge in [0.15, 0.2) is 0 Å². The normalized spacial score (nSPS) is 14.6. The lowest BCUT2D eigenvalue weighted by molar-refractivity contribution is -0.331. The Morgan fingerprint density at radius 2 is 1.50 bits per heavy atom. The minimum absolute atomic E-state index is 0.0788. The molecule has 0 aliphatic rings. The SMILES string of the molecule is Nc1cccc(C(=O)Nc2ccccc2S(=O)(Br)(Br)C(F)(F)C(F)(F)C(F)(F)F)c1. The number of nitrogens with two attached hydrogens (primary N) is 1. The third kappa shape index (κ3) is 3.96. The standard InChI is InChI=1S/C16H11Br2F7N2O2S/c17-30(18,29,16(24,25)14(19,20)15(21,22)23)12-7-2-1-6-11(12)27-13(28)9-4-3-5-10(26)8-9/h1-8H,26H2,(H,27,28). The number of halogens is 9. The Morgan fingerprint density at radius 3 is 2.03 bits per heavy atom. The minimum atomic E-state index is -6.72. The molecule has 3 N–H and O–H groups in total. The molecule has 0 bridgehead atoms. The van der Waals surface area contributed by atoms with E-state index in [4.69, 9.17) is 5.73 Å². The van der Waals surface area contributed by atoms with Crippen LogP contribution in [0.1, 0.15) is 10.4 Å². The molecular weight excluding hydrogens is 577 g/mol. The molecule has 4 nitrogen and oxygen atoms in total. The van der Waals surface area contributed by atoms with E-state index in [1.54, 1.807) is 0 Å². The van der Waals surface area contributed by atoms with Crippen LogP contribution in [0, 0.1) is 0 Å². The van der Waals surface area contributed by atoms with E-state index in [1.807, 2.05) is 29.6 Å². The van der Waals surface area contributed by atoms with E-state index >= 15 is 0 Å². The molecule has 0 radical (unpaired) electrons. The predicted octanol–water partition coefficient (Wildman–Crippen LogP) is 6.11. The van der Waals surface area contributed by atoms with Crippen molar-refractivity contribution in [3.05, 3.63) is 54.1 Å². The summed E-state index contributed by atoms with van der Waals surface area (Å²) in [5.41, 5.74) is 4.91. The average Bonchev–Trinajstić information content (AvgIpc) is 2.60. The van der Waals surface area contributed by atoms with E-state index in [0.29, 0.717) is 6.07 Å². The van der Waals surface area contributed by atoms with Crippen molar-refractivity contribution in [2.45, 2.75) is 22.2 Å². The summed E-state index contributed by atoms with van der Waals surface area (Å²) >= 11 is 3.84. The van der Waals surface area contributed by atoms with E-state index in [-0.39, 0.29) is 11.3 Å². The first-order chi connectivity index (χ1) is 13.4. The largest absolute Gasteiger partial charge is 0.461 e. The van der Waals surface area contributed by atoms with E-state index in [1.165, 1.54) is 24.3 Å². The van der Waals surface area contributed by atoms with Crippen LogP contribution in [0.4, 0.5) is 42.1 Å². The lowest BCUT2D eigenvalue weighted by Gasteiger charge is -2.42. The third-order valence-electron chi connectivity index (χ3n) is 3.80. The molecule has 0 fully saturated rings. The second-order valence-corrected chi connectivity index (χ2v) is 18.4. The monoisotopic (exact) mass is 586 g/mol. The highest BCUT2D eigenvalue weighted by atomic mass is 79.9. The molecule has 0 aliphatic heterocycles. The molecule has 0 heterocycles. The van der Waals surface area contributed by atoms with Crippen molar-refractivity contribution >= 4 is 52.8 Å². The first kappa shape index (κ1) is 24.6. The Labute approximate surface area is 179 Å². The number of hydrogen-bond donors (Lipinski definition) is 2. The number of benzene rings is 2. The van der Waals surface area contributed by atoms with Crippen LogP contribution in [-0.4, -0.2) is 27.5 Å². The number of para-hydroxylation sites is 1. The molecule has 0 aromatic heterocycles. The molecule has 2 aromatic carbocycles. The number of rotatable bonds is 5. The molecule has 2 rings (SSSR count). The summed E-state index contributed by atoms with van der Waals surface area (Å²) in [5.74, 6) is -14.3. The Hall–Kier alpha value is -1.67. The highest BCUT2D eigenvalue weighted by Crippen LogP contribution is 2.68. The summed E-state index contributed by atoms with van der Waals surface area (Å²) < 4.78 is 107. The van der Waals surface area contributed by atoms with Crippen LogP contribution in [0.2, 0.25) is 0 Å². The zero-order chi connectivity index (χ0) is 23.2. The maximum absolute atomic E-state index is 14.5. The summed E-state index contributed by atoms with van der Waals surface area (Å²) in [4.78, 5) is 11.1. The predicted molar refractivity (Wildman–Crippen MR) is 105 cm³/mol. The second-order valence-electron chi connectivity index (χ2n) is 5.93. The molecular formula is C16H11Br2F7N2O2S. The first-order valence-corrected chi connectivity index (χ1v) is 13.2. The van der Waals surface area contributed by atoms with Crippen LogP contribution in [0.3, 0.4) is 0 Å². The fourth-order valence-corrected chi connectivity index (χ4v) is 6.78. The molecule has 0 unspecified atom stereocenters. The van der Waals surface area contributed by atoms with Crippen LogP contribution in [0.15, 0.2) is 53.4 Å². The summed E-state index contributed by atoms with van der Waals surface area (Å²) in [7, 11) is 0. The molecule has 0 aliphatic carbocycles. The van der Waals surface area contributed by atoms with Gasteiger partial charge in [0.05, 0.1) is 16.5 Å². The van der Waals surface area contributed by atoms with E-state index in [2.05, 4.69) is 5.32 Å². The second kappa shape index (κ2) is 7.48. The van der Waals surface area contributed by atoms with E-state index < -0.39 is 39.8 Å². The molecule has 0 saturated carbocycles. The van der Waals surface area contributed by atoms with Gasteiger partial charge in [-0.25, -0.2) is 0 Å². The molecule has 0 atom stereocenters. The van der Waals surface area contributed by atoms with Crippen LogP contribution in [0.5, 0.6) is 0 Å². The summed E-state index contributed by atoms with van der Waals surface area (Å²) in [6.45, 7) is 0. The summed E-state index contributed by atoms with van der Waals surface area (Å²) in [6, 6.07) is 8.91. The van der Waals surface area contributed by atoms with Crippen molar-refractivity contribution in [3.8, 4) is 0 Å². The van der Waals surface area contributed by atoms with Gasteiger partial charge < -0.3 is 11.1 Å². The molecule has 30 heavy (non-hydrogen) atoms. The van der Waals surface area contributed by atoms with Crippen molar-refractivity contribution < 1.29 is 39.7 Å². The van der Waals surface area contributed by atoms with Gasteiger partial charge in [0.1, 0.15) is 0 Å². The van der Waals surface area contributed by atoms with Gasteiger partial charge in [-0.05, 0) is 30.3 Å². The summed E-state index contributed by atoms with van der Waals surface area (Å²) in [5, 5.41) is -4.13. The molecule has 14 heteroatoms. The first-order valence-electron chi connectivity index (χ1n) is 7.60. The Morgan fingerprint density at radius 1 is 0.933 bits per heavy atom. The van der Waals surface area contributed by atoms with Crippen LogP contribution < -0.4 is 11.1 Å². The van der Waals surface area contributed by atoms with E-state index in [0.717, 1.165) is 18.2 Å². The number of nitrogens with one attached hydrogen (secondary N) is 1. The fraction of sp³-hybridized carbons (Fsp3) is 0.188. The molecule has 2 aromatic rings. The lowest BCUT2D eigenvalue weighted by atomic mass is 10.2. The summed E-state index contributed by atoms with van der Waals surface area (Å²) in [6.07, 6.45) is -6.72. The fourth-order valence-electron chi connectivity index (χ4n) is 2.26. The van der Waals surface area contributed by atoms with Gasteiger partial charge in [-0.15, -0.1) is 0 Å². The van der Waals surface area contributed by atoms with Crippen molar-refractivity contribution in [2.75, 3.05) is 11.1 Å².